The lowest BCUT2D eigenvalue weighted by Gasteiger charge is -2.12. The predicted octanol–water partition coefficient (Wildman–Crippen LogP) is 5.14. The molecular formula is C15H15Br2NO. The molecule has 19 heavy (non-hydrogen) atoms. The summed E-state index contributed by atoms with van der Waals surface area (Å²) >= 11 is 7.09. The smallest absolute Gasteiger partial charge is 0.121 e. The summed E-state index contributed by atoms with van der Waals surface area (Å²) < 4.78 is 7.36. The van der Waals surface area contributed by atoms with Crippen LogP contribution in [-0.4, -0.2) is 7.11 Å². The van der Waals surface area contributed by atoms with E-state index in [1.807, 2.05) is 24.3 Å². The number of nitrogens with one attached hydrogen (secondary N) is 1. The number of rotatable bonds is 4. The Bertz CT molecular complexity index is 564. The van der Waals surface area contributed by atoms with Crippen LogP contribution in [0.2, 0.25) is 0 Å². The van der Waals surface area contributed by atoms with Gasteiger partial charge >= 0.3 is 0 Å². The van der Waals surface area contributed by atoms with Crippen molar-refractivity contribution in [1.29, 1.82) is 0 Å². The molecule has 0 bridgehead atoms. The lowest BCUT2D eigenvalue weighted by Crippen LogP contribution is -2.01. The first-order valence-electron chi connectivity index (χ1n) is 5.93. The molecule has 2 aromatic carbocycles. The molecule has 0 atom stereocenters. The Hall–Kier alpha value is -1.00. The number of benzene rings is 2. The molecule has 4 heteroatoms. The first-order valence-corrected chi connectivity index (χ1v) is 7.52. The van der Waals surface area contributed by atoms with Gasteiger partial charge in [-0.2, -0.15) is 0 Å². The third-order valence-corrected chi connectivity index (χ3v) is 4.21. The second-order valence-corrected chi connectivity index (χ2v) is 5.96. The van der Waals surface area contributed by atoms with E-state index in [9.17, 15) is 0 Å². The van der Waals surface area contributed by atoms with Gasteiger partial charge in [-0.15, -0.1) is 0 Å². The van der Waals surface area contributed by atoms with Gasteiger partial charge in [0.1, 0.15) is 5.75 Å². The van der Waals surface area contributed by atoms with E-state index in [1.165, 1.54) is 5.56 Å². The number of anilines is 1. The molecule has 0 aliphatic carbocycles. The molecule has 0 spiro atoms. The number of ether oxygens (including phenoxy) is 1. The van der Waals surface area contributed by atoms with Crippen molar-refractivity contribution in [3.05, 3.63) is 56.5 Å². The standard InChI is InChI=1S/C15H15Br2NO/c1-10-8-11(6-7-14(10)19-2)9-18-15-12(16)4-3-5-13(15)17/h3-8,18H,9H2,1-2H3. The Kier molecular flexibility index (Phi) is 4.88. The van der Waals surface area contributed by atoms with Crippen LogP contribution >= 0.6 is 31.9 Å². The summed E-state index contributed by atoms with van der Waals surface area (Å²) in [7, 11) is 1.69. The molecule has 0 aliphatic rings. The van der Waals surface area contributed by atoms with Gasteiger partial charge in [0.15, 0.2) is 0 Å². The summed E-state index contributed by atoms with van der Waals surface area (Å²) in [5.41, 5.74) is 3.44. The van der Waals surface area contributed by atoms with E-state index in [4.69, 9.17) is 4.74 Å². The highest BCUT2D eigenvalue weighted by molar-refractivity contribution is 9.11. The van der Waals surface area contributed by atoms with Gasteiger partial charge in [-0.3, -0.25) is 0 Å². The summed E-state index contributed by atoms with van der Waals surface area (Å²) in [6, 6.07) is 12.2. The Balaban J connectivity index is 2.13. The van der Waals surface area contributed by atoms with E-state index >= 15 is 0 Å². The summed E-state index contributed by atoms with van der Waals surface area (Å²) in [5, 5.41) is 3.43. The highest BCUT2D eigenvalue weighted by Gasteiger charge is 2.05. The zero-order chi connectivity index (χ0) is 13.8. The predicted molar refractivity (Wildman–Crippen MR) is 86.9 cm³/mol. The van der Waals surface area contributed by atoms with Crippen molar-refractivity contribution in [1.82, 2.24) is 0 Å². The van der Waals surface area contributed by atoms with Crippen LogP contribution in [0.5, 0.6) is 5.75 Å². The highest BCUT2D eigenvalue weighted by atomic mass is 79.9. The average molecular weight is 385 g/mol. The molecule has 1 N–H and O–H groups in total. The Labute approximate surface area is 130 Å². The molecule has 0 heterocycles. The van der Waals surface area contributed by atoms with Crippen molar-refractivity contribution >= 4 is 37.5 Å². The van der Waals surface area contributed by atoms with Crippen LogP contribution in [0.1, 0.15) is 11.1 Å². The molecule has 0 aliphatic heterocycles. The first-order chi connectivity index (χ1) is 9.11. The van der Waals surface area contributed by atoms with Crippen LogP contribution in [0.25, 0.3) is 0 Å². The number of aryl methyl sites for hydroxylation is 1. The number of methoxy groups -OCH3 is 1. The van der Waals surface area contributed by atoms with E-state index in [1.54, 1.807) is 7.11 Å². The van der Waals surface area contributed by atoms with Crippen molar-refractivity contribution in [2.75, 3.05) is 12.4 Å². The zero-order valence-corrected chi connectivity index (χ0v) is 14.0. The maximum absolute atomic E-state index is 5.27. The number of para-hydroxylation sites is 1. The fraction of sp³-hybridized carbons (Fsp3) is 0.200. The molecule has 0 saturated heterocycles. The normalized spacial score (nSPS) is 10.3. The SMILES string of the molecule is COc1ccc(CNc2c(Br)cccc2Br)cc1C. The van der Waals surface area contributed by atoms with Gasteiger partial charge in [0.05, 0.1) is 12.8 Å². The number of halogens is 2. The third-order valence-electron chi connectivity index (χ3n) is 2.89. The minimum absolute atomic E-state index is 0.770. The van der Waals surface area contributed by atoms with Gasteiger partial charge in [-0.1, -0.05) is 18.2 Å². The van der Waals surface area contributed by atoms with Gasteiger partial charge in [0, 0.05) is 15.5 Å². The monoisotopic (exact) mass is 383 g/mol. The lowest BCUT2D eigenvalue weighted by atomic mass is 10.1. The summed E-state index contributed by atoms with van der Waals surface area (Å²) in [6.07, 6.45) is 0. The molecule has 0 aromatic heterocycles. The van der Waals surface area contributed by atoms with Gasteiger partial charge in [-0.25, -0.2) is 0 Å². The molecule has 0 radical (unpaired) electrons. The molecule has 0 unspecified atom stereocenters. The highest BCUT2D eigenvalue weighted by Crippen LogP contribution is 2.31. The van der Waals surface area contributed by atoms with Gasteiger partial charge < -0.3 is 10.1 Å². The van der Waals surface area contributed by atoms with Crippen LogP contribution in [-0.2, 0) is 6.54 Å². The van der Waals surface area contributed by atoms with Crippen molar-refractivity contribution in [3.63, 3.8) is 0 Å². The second kappa shape index (κ2) is 6.44. The fourth-order valence-electron chi connectivity index (χ4n) is 1.91. The Morgan fingerprint density at radius 3 is 2.37 bits per heavy atom. The molecule has 2 rings (SSSR count). The average Bonchev–Trinajstić information content (AvgIpc) is 2.38. The second-order valence-electron chi connectivity index (χ2n) is 4.25. The fourth-order valence-corrected chi connectivity index (χ4v) is 3.19. The summed E-state index contributed by atoms with van der Waals surface area (Å²) in [5.74, 6) is 0.922. The van der Waals surface area contributed by atoms with Gasteiger partial charge in [0.25, 0.3) is 0 Å². The molecule has 2 aromatic rings. The van der Waals surface area contributed by atoms with Crippen LogP contribution < -0.4 is 10.1 Å². The lowest BCUT2D eigenvalue weighted by molar-refractivity contribution is 0.411. The quantitative estimate of drug-likeness (QED) is 0.787. The van der Waals surface area contributed by atoms with Gasteiger partial charge in [0.2, 0.25) is 0 Å². The first kappa shape index (κ1) is 14.4. The van der Waals surface area contributed by atoms with Gasteiger partial charge in [-0.05, 0) is 68.1 Å². The Morgan fingerprint density at radius 1 is 1.11 bits per heavy atom. The van der Waals surface area contributed by atoms with E-state index in [2.05, 4.69) is 56.2 Å². The van der Waals surface area contributed by atoms with Crippen LogP contribution in [0.4, 0.5) is 5.69 Å². The molecule has 2 nitrogen and oxygen atoms in total. The topological polar surface area (TPSA) is 21.3 Å². The van der Waals surface area contributed by atoms with Crippen LogP contribution in [0.3, 0.4) is 0 Å². The molecule has 0 fully saturated rings. The van der Waals surface area contributed by atoms with E-state index in [0.29, 0.717) is 0 Å². The zero-order valence-electron chi connectivity index (χ0n) is 10.8. The molecule has 0 saturated carbocycles. The summed E-state index contributed by atoms with van der Waals surface area (Å²) in [6.45, 7) is 2.82. The van der Waals surface area contributed by atoms with E-state index < -0.39 is 0 Å². The van der Waals surface area contributed by atoms with Crippen molar-refractivity contribution < 1.29 is 4.74 Å². The van der Waals surface area contributed by atoms with Crippen LogP contribution in [0.15, 0.2) is 45.3 Å². The number of hydrogen-bond donors (Lipinski definition) is 1. The van der Waals surface area contributed by atoms with Crippen molar-refractivity contribution in [2.24, 2.45) is 0 Å². The van der Waals surface area contributed by atoms with Crippen molar-refractivity contribution in [2.45, 2.75) is 13.5 Å². The summed E-state index contributed by atoms with van der Waals surface area (Å²) in [4.78, 5) is 0. The number of hydrogen-bond acceptors (Lipinski definition) is 2. The maximum Gasteiger partial charge on any atom is 0.121 e. The van der Waals surface area contributed by atoms with Crippen molar-refractivity contribution in [3.8, 4) is 5.75 Å². The molecule has 100 valence electrons. The minimum Gasteiger partial charge on any atom is -0.496 e. The minimum atomic E-state index is 0.770. The Morgan fingerprint density at radius 2 is 1.79 bits per heavy atom. The molecular weight excluding hydrogens is 370 g/mol. The van der Waals surface area contributed by atoms with E-state index in [-0.39, 0.29) is 0 Å². The largest absolute Gasteiger partial charge is 0.496 e. The van der Waals surface area contributed by atoms with Crippen LogP contribution in [0, 0.1) is 6.92 Å². The molecule has 0 amide bonds. The van der Waals surface area contributed by atoms with E-state index in [0.717, 1.165) is 32.5 Å². The maximum atomic E-state index is 5.27. The third kappa shape index (κ3) is 3.51.